The van der Waals surface area contributed by atoms with E-state index in [1.807, 2.05) is 0 Å². The molecule has 1 heterocycles. The maximum Gasteiger partial charge on any atom is 0.149 e. The highest BCUT2D eigenvalue weighted by Gasteiger charge is 2.06. The molecule has 0 unspecified atom stereocenters. The van der Waals surface area contributed by atoms with Crippen LogP contribution in [0.25, 0.3) is 0 Å². The molecule has 18 heavy (non-hydrogen) atoms. The fourth-order valence-electron chi connectivity index (χ4n) is 1.32. The number of benzene rings is 1. The van der Waals surface area contributed by atoms with Gasteiger partial charge >= 0.3 is 0 Å². The van der Waals surface area contributed by atoms with Crippen molar-refractivity contribution in [1.82, 2.24) is 4.98 Å². The Morgan fingerprint density at radius 2 is 1.94 bits per heavy atom. The standard InChI is InChI=1S/C13H8F2N2O/c14-10-1-3-11(4-2-10)18-8-13-12(15)5-9(6-16)7-17-13/h1-5,7H,8H2. The Hall–Kier alpha value is -2.48. The fraction of sp³-hybridized carbons (Fsp3) is 0.0769. The molecular weight excluding hydrogens is 238 g/mol. The zero-order valence-electron chi connectivity index (χ0n) is 9.23. The van der Waals surface area contributed by atoms with Crippen LogP contribution in [-0.4, -0.2) is 4.98 Å². The van der Waals surface area contributed by atoms with Gasteiger partial charge in [-0.1, -0.05) is 0 Å². The van der Waals surface area contributed by atoms with Gasteiger partial charge in [-0.2, -0.15) is 5.26 Å². The van der Waals surface area contributed by atoms with Gasteiger partial charge in [0.15, 0.2) is 0 Å². The minimum atomic E-state index is -0.601. The van der Waals surface area contributed by atoms with Gasteiger partial charge in [0, 0.05) is 6.20 Å². The highest BCUT2D eigenvalue weighted by Crippen LogP contribution is 2.14. The second-order valence-electron chi connectivity index (χ2n) is 3.51. The molecule has 0 bridgehead atoms. The second kappa shape index (κ2) is 5.23. The van der Waals surface area contributed by atoms with Crippen molar-refractivity contribution in [2.45, 2.75) is 6.61 Å². The van der Waals surface area contributed by atoms with E-state index >= 15 is 0 Å². The minimum Gasteiger partial charge on any atom is -0.487 e. The van der Waals surface area contributed by atoms with E-state index < -0.39 is 5.82 Å². The molecule has 3 nitrogen and oxygen atoms in total. The van der Waals surface area contributed by atoms with Gasteiger partial charge in [-0.15, -0.1) is 0 Å². The molecule has 1 aromatic carbocycles. The Balaban J connectivity index is 2.06. The highest BCUT2D eigenvalue weighted by molar-refractivity contribution is 5.28. The normalized spacial score (nSPS) is 9.83. The number of hydrogen-bond acceptors (Lipinski definition) is 3. The van der Waals surface area contributed by atoms with Crippen molar-refractivity contribution in [1.29, 1.82) is 5.26 Å². The number of halogens is 2. The molecule has 0 spiro atoms. The first-order chi connectivity index (χ1) is 8.69. The van der Waals surface area contributed by atoms with Gasteiger partial charge in [0.2, 0.25) is 0 Å². The first-order valence-corrected chi connectivity index (χ1v) is 5.12. The number of nitrogens with zero attached hydrogens (tertiary/aromatic N) is 2. The lowest BCUT2D eigenvalue weighted by Crippen LogP contribution is -2.02. The zero-order chi connectivity index (χ0) is 13.0. The molecular formula is C13H8F2N2O. The quantitative estimate of drug-likeness (QED) is 0.836. The van der Waals surface area contributed by atoms with Gasteiger partial charge in [0.1, 0.15) is 35.8 Å². The van der Waals surface area contributed by atoms with E-state index in [2.05, 4.69) is 4.98 Å². The average molecular weight is 246 g/mol. The molecule has 5 heteroatoms. The van der Waals surface area contributed by atoms with Crippen LogP contribution in [0.1, 0.15) is 11.3 Å². The van der Waals surface area contributed by atoms with Crippen molar-refractivity contribution in [3.8, 4) is 11.8 Å². The fourth-order valence-corrected chi connectivity index (χ4v) is 1.32. The summed E-state index contributed by atoms with van der Waals surface area (Å²) in [5, 5.41) is 8.56. The summed E-state index contributed by atoms with van der Waals surface area (Å²) in [6.45, 7) is -0.0802. The summed E-state index contributed by atoms with van der Waals surface area (Å²) < 4.78 is 31.3. The summed E-state index contributed by atoms with van der Waals surface area (Å²) in [5.74, 6) is -0.553. The first kappa shape index (κ1) is 12.0. The van der Waals surface area contributed by atoms with E-state index in [4.69, 9.17) is 10.00 Å². The van der Waals surface area contributed by atoms with E-state index in [0.29, 0.717) is 5.75 Å². The molecule has 0 radical (unpaired) electrons. The smallest absolute Gasteiger partial charge is 0.149 e. The largest absolute Gasteiger partial charge is 0.487 e. The van der Waals surface area contributed by atoms with Gasteiger partial charge < -0.3 is 4.74 Å². The van der Waals surface area contributed by atoms with Crippen LogP contribution in [0.3, 0.4) is 0 Å². The first-order valence-electron chi connectivity index (χ1n) is 5.12. The lowest BCUT2D eigenvalue weighted by molar-refractivity contribution is 0.293. The van der Waals surface area contributed by atoms with Crippen molar-refractivity contribution in [3.05, 3.63) is 59.4 Å². The van der Waals surface area contributed by atoms with E-state index in [0.717, 1.165) is 6.07 Å². The molecule has 0 amide bonds. The van der Waals surface area contributed by atoms with Crippen LogP contribution in [0.4, 0.5) is 8.78 Å². The molecule has 0 aliphatic carbocycles. The predicted molar refractivity (Wildman–Crippen MR) is 59.6 cm³/mol. The van der Waals surface area contributed by atoms with Crippen LogP contribution in [0.15, 0.2) is 36.5 Å². The molecule has 2 rings (SSSR count). The van der Waals surface area contributed by atoms with Crippen LogP contribution in [0, 0.1) is 23.0 Å². The predicted octanol–water partition coefficient (Wildman–Crippen LogP) is 2.81. The maximum atomic E-state index is 13.5. The van der Waals surface area contributed by atoms with Gasteiger partial charge in [-0.3, -0.25) is 4.98 Å². The Labute approximate surface area is 102 Å². The lowest BCUT2D eigenvalue weighted by atomic mass is 10.2. The number of ether oxygens (including phenoxy) is 1. The molecule has 2 aromatic rings. The molecule has 0 atom stereocenters. The molecule has 0 fully saturated rings. The zero-order valence-corrected chi connectivity index (χ0v) is 9.23. The van der Waals surface area contributed by atoms with Crippen LogP contribution in [0.5, 0.6) is 5.75 Å². The van der Waals surface area contributed by atoms with Gasteiger partial charge in [-0.05, 0) is 30.3 Å². The molecule has 0 aliphatic heterocycles. The van der Waals surface area contributed by atoms with Crippen LogP contribution in [0.2, 0.25) is 0 Å². The number of pyridine rings is 1. The minimum absolute atomic E-state index is 0.0802. The SMILES string of the molecule is N#Cc1cnc(COc2ccc(F)cc2)c(F)c1. The lowest BCUT2D eigenvalue weighted by Gasteiger charge is -2.06. The Bertz CT molecular complexity index is 591. The molecule has 1 aromatic heterocycles. The van der Waals surface area contributed by atoms with Crippen molar-refractivity contribution >= 4 is 0 Å². The third kappa shape index (κ3) is 2.80. The summed E-state index contributed by atoms with van der Waals surface area (Å²) in [6.07, 6.45) is 1.27. The number of aromatic nitrogens is 1. The van der Waals surface area contributed by atoms with Gasteiger partial charge in [0.05, 0.1) is 5.56 Å². The van der Waals surface area contributed by atoms with Crippen LogP contribution >= 0.6 is 0 Å². The van der Waals surface area contributed by atoms with E-state index in [1.165, 1.54) is 30.5 Å². The number of nitriles is 1. The molecule has 0 saturated carbocycles. The summed E-state index contributed by atoms with van der Waals surface area (Å²) in [7, 11) is 0. The summed E-state index contributed by atoms with van der Waals surface area (Å²) >= 11 is 0. The monoisotopic (exact) mass is 246 g/mol. The summed E-state index contributed by atoms with van der Waals surface area (Å²) in [4.78, 5) is 3.79. The van der Waals surface area contributed by atoms with Crippen LogP contribution in [-0.2, 0) is 6.61 Å². The third-order valence-corrected chi connectivity index (χ3v) is 2.24. The second-order valence-corrected chi connectivity index (χ2v) is 3.51. The van der Waals surface area contributed by atoms with Crippen molar-refractivity contribution in [3.63, 3.8) is 0 Å². The maximum absolute atomic E-state index is 13.5. The summed E-state index contributed by atoms with van der Waals surface area (Å²) in [6, 6.07) is 8.26. The number of rotatable bonds is 3. The molecule has 90 valence electrons. The van der Waals surface area contributed by atoms with Crippen molar-refractivity contribution in [2.24, 2.45) is 0 Å². The van der Waals surface area contributed by atoms with E-state index in [-0.39, 0.29) is 23.7 Å². The summed E-state index contributed by atoms with van der Waals surface area (Å²) in [5.41, 5.74) is 0.247. The molecule has 0 saturated heterocycles. The Morgan fingerprint density at radius 1 is 1.22 bits per heavy atom. The van der Waals surface area contributed by atoms with E-state index in [1.54, 1.807) is 6.07 Å². The highest BCUT2D eigenvalue weighted by atomic mass is 19.1. The van der Waals surface area contributed by atoms with Crippen molar-refractivity contribution < 1.29 is 13.5 Å². The van der Waals surface area contributed by atoms with Crippen LogP contribution < -0.4 is 4.74 Å². The Kier molecular flexibility index (Phi) is 3.49. The van der Waals surface area contributed by atoms with Gasteiger partial charge in [-0.25, -0.2) is 8.78 Å². The van der Waals surface area contributed by atoms with Gasteiger partial charge in [0.25, 0.3) is 0 Å². The number of hydrogen-bond donors (Lipinski definition) is 0. The van der Waals surface area contributed by atoms with Crippen molar-refractivity contribution in [2.75, 3.05) is 0 Å². The van der Waals surface area contributed by atoms with E-state index in [9.17, 15) is 8.78 Å². The topological polar surface area (TPSA) is 45.9 Å². The average Bonchev–Trinajstić information content (AvgIpc) is 2.39. The Morgan fingerprint density at radius 3 is 2.56 bits per heavy atom. The molecule has 0 N–H and O–H groups in total. The third-order valence-electron chi connectivity index (χ3n) is 2.24. The molecule has 0 aliphatic rings.